The number of aromatic carboxylic acids is 1. The van der Waals surface area contributed by atoms with Crippen molar-refractivity contribution < 1.29 is 14.3 Å². The molecule has 0 saturated carbocycles. The number of hydrogen-bond donors (Lipinski definition) is 1. The van der Waals surface area contributed by atoms with Crippen molar-refractivity contribution in [1.29, 1.82) is 0 Å². The number of carbonyl (C=O) groups is 1. The first-order valence-electron chi connectivity index (χ1n) is 5.84. The quantitative estimate of drug-likeness (QED) is 0.843. The van der Waals surface area contributed by atoms with Gasteiger partial charge < -0.3 is 5.11 Å². The molecule has 0 aliphatic carbocycles. The van der Waals surface area contributed by atoms with Gasteiger partial charge in [-0.1, -0.05) is 36.4 Å². The molecule has 0 saturated heterocycles. The van der Waals surface area contributed by atoms with Crippen LogP contribution in [-0.4, -0.2) is 11.1 Å². The first kappa shape index (κ1) is 13.0. The zero-order valence-corrected chi connectivity index (χ0v) is 10.4. The number of hydrogen-bond acceptors (Lipinski definition) is 1. The Hall–Kier alpha value is -2.42. The predicted octanol–water partition coefficient (Wildman–Crippen LogP) is 4.00. The molecule has 0 aromatic heterocycles. The first-order valence-corrected chi connectivity index (χ1v) is 5.84. The van der Waals surface area contributed by atoms with E-state index in [9.17, 15) is 9.18 Å². The summed E-state index contributed by atoms with van der Waals surface area (Å²) in [5.41, 5.74) is 2.82. The average molecular weight is 256 g/mol. The predicted molar refractivity (Wildman–Crippen MR) is 73.5 cm³/mol. The summed E-state index contributed by atoms with van der Waals surface area (Å²) in [6.45, 7) is 1.76. The number of rotatable bonds is 3. The van der Waals surface area contributed by atoms with Gasteiger partial charge in [-0.2, -0.15) is 0 Å². The molecule has 0 amide bonds. The van der Waals surface area contributed by atoms with Gasteiger partial charge in [0.05, 0.1) is 5.56 Å². The van der Waals surface area contributed by atoms with Crippen LogP contribution in [0.3, 0.4) is 0 Å². The number of carboxylic acid groups (broad SMARTS) is 1. The summed E-state index contributed by atoms with van der Waals surface area (Å²) in [6.07, 6.45) is 3.72. The summed E-state index contributed by atoms with van der Waals surface area (Å²) in [5.74, 6) is -1.19. The van der Waals surface area contributed by atoms with Crippen molar-refractivity contribution in [3.8, 4) is 0 Å². The lowest BCUT2D eigenvalue weighted by molar-refractivity contribution is 0.0696. The van der Waals surface area contributed by atoms with Gasteiger partial charge in [-0.25, -0.2) is 9.18 Å². The highest BCUT2D eigenvalue weighted by atomic mass is 19.1. The van der Waals surface area contributed by atoms with Crippen LogP contribution in [0, 0.1) is 12.7 Å². The minimum Gasteiger partial charge on any atom is -0.478 e. The third-order valence-electron chi connectivity index (χ3n) is 2.82. The second kappa shape index (κ2) is 5.48. The molecule has 3 heteroatoms. The summed E-state index contributed by atoms with van der Waals surface area (Å²) in [4.78, 5) is 10.9. The Morgan fingerprint density at radius 1 is 1.05 bits per heavy atom. The second-order valence-corrected chi connectivity index (χ2v) is 4.26. The normalized spacial score (nSPS) is 10.8. The molecule has 19 heavy (non-hydrogen) atoms. The molecule has 0 unspecified atom stereocenters. The zero-order chi connectivity index (χ0) is 13.8. The van der Waals surface area contributed by atoms with E-state index in [0.717, 1.165) is 11.1 Å². The van der Waals surface area contributed by atoms with E-state index in [0.29, 0.717) is 11.1 Å². The van der Waals surface area contributed by atoms with Crippen LogP contribution in [0.2, 0.25) is 0 Å². The fraction of sp³-hybridized carbons (Fsp3) is 0.0625. The van der Waals surface area contributed by atoms with Crippen molar-refractivity contribution in [3.63, 3.8) is 0 Å². The highest BCUT2D eigenvalue weighted by Crippen LogP contribution is 2.14. The minimum atomic E-state index is -0.924. The maximum atomic E-state index is 12.7. The van der Waals surface area contributed by atoms with E-state index in [4.69, 9.17) is 5.11 Å². The lowest BCUT2D eigenvalue weighted by atomic mass is 10.0. The third-order valence-corrected chi connectivity index (χ3v) is 2.82. The standard InChI is InChI=1S/C16H13FO2/c1-11-10-13(6-9-15(11)16(18)19)3-2-12-4-7-14(17)8-5-12/h2-10H,1H3,(H,18,19)/b3-2+. The fourth-order valence-electron chi connectivity index (χ4n) is 1.80. The van der Waals surface area contributed by atoms with Gasteiger partial charge >= 0.3 is 5.97 Å². The van der Waals surface area contributed by atoms with Crippen molar-refractivity contribution in [2.45, 2.75) is 6.92 Å². The van der Waals surface area contributed by atoms with Crippen LogP contribution in [0.15, 0.2) is 42.5 Å². The molecule has 0 heterocycles. The summed E-state index contributed by atoms with van der Waals surface area (Å²) < 4.78 is 12.7. The highest BCUT2D eigenvalue weighted by Gasteiger charge is 2.05. The number of carboxylic acids is 1. The molecular formula is C16H13FO2. The van der Waals surface area contributed by atoms with E-state index >= 15 is 0 Å². The maximum Gasteiger partial charge on any atom is 0.335 e. The smallest absolute Gasteiger partial charge is 0.335 e. The summed E-state index contributed by atoms with van der Waals surface area (Å²) in [5, 5.41) is 8.94. The van der Waals surface area contributed by atoms with Gasteiger partial charge in [0.2, 0.25) is 0 Å². The van der Waals surface area contributed by atoms with Gasteiger partial charge in [-0.15, -0.1) is 0 Å². The van der Waals surface area contributed by atoms with Crippen LogP contribution in [0.4, 0.5) is 4.39 Å². The van der Waals surface area contributed by atoms with E-state index in [2.05, 4.69) is 0 Å². The van der Waals surface area contributed by atoms with Crippen LogP contribution < -0.4 is 0 Å². The third kappa shape index (κ3) is 3.28. The van der Waals surface area contributed by atoms with E-state index in [1.54, 1.807) is 31.2 Å². The number of halogens is 1. The van der Waals surface area contributed by atoms with Crippen molar-refractivity contribution in [2.75, 3.05) is 0 Å². The van der Waals surface area contributed by atoms with E-state index in [-0.39, 0.29) is 5.82 Å². The summed E-state index contributed by atoms with van der Waals surface area (Å²) in [7, 11) is 0. The Bertz CT molecular complexity index is 628. The SMILES string of the molecule is Cc1cc(/C=C/c2ccc(F)cc2)ccc1C(=O)O. The summed E-state index contributed by atoms with van der Waals surface area (Å²) in [6, 6.07) is 11.3. The molecule has 2 nitrogen and oxygen atoms in total. The van der Waals surface area contributed by atoms with Gasteiger partial charge in [-0.3, -0.25) is 0 Å². The molecule has 2 aromatic carbocycles. The fourth-order valence-corrected chi connectivity index (χ4v) is 1.80. The van der Waals surface area contributed by atoms with Crippen molar-refractivity contribution >= 4 is 18.1 Å². The Kier molecular flexibility index (Phi) is 3.76. The minimum absolute atomic E-state index is 0.265. The van der Waals surface area contributed by atoms with Crippen LogP contribution in [-0.2, 0) is 0 Å². The zero-order valence-electron chi connectivity index (χ0n) is 10.4. The molecule has 1 N–H and O–H groups in total. The number of aryl methyl sites for hydroxylation is 1. The topological polar surface area (TPSA) is 37.3 Å². The lowest BCUT2D eigenvalue weighted by Gasteiger charge is -2.02. The van der Waals surface area contributed by atoms with Gasteiger partial charge in [0.25, 0.3) is 0 Å². The molecule has 0 fully saturated rings. The lowest BCUT2D eigenvalue weighted by Crippen LogP contribution is -1.99. The second-order valence-electron chi connectivity index (χ2n) is 4.26. The molecule has 0 radical (unpaired) electrons. The van der Waals surface area contributed by atoms with E-state index in [1.807, 2.05) is 18.2 Å². The van der Waals surface area contributed by atoms with Crippen LogP contribution in [0.25, 0.3) is 12.2 Å². The molecular weight excluding hydrogens is 243 g/mol. The Morgan fingerprint density at radius 2 is 1.63 bits per heavy atom. The van der Waals surface area contributed by atoms with Crippen molar-refractivity contribution in [1.82, 2.24) is 0 Å². The molecule has 0 aliphatic heterocycles. The highest BCUT2D eigenvalue weighted by molar-refractivity contribution is 5.89. The summed E-state index contributed by atoms with van der Waals surface area (Å²) >= 11 is 0. The molecule has 96 valence electrons. The molecule has 0 spiro atoms. The van der Waals surface area contributed by atoms with Crippen LogP contribution >= 0.6 is 0 Å². The molecule has 0 bridgehead atoms. The number of benzene rings is 2. The van der Waals surface area contributed by atoms with E-state index < -0.39 is 5.97 Å². The van der Waals surface area contributed by atoms with Gasteiger partial charge in [0.15, 0.2) is 0 Å². The average Bonchev–Trinajstić information content (AvgIpc) is 2.37. The van der Waals surface area contributed by atoms with Crippen LogP contribution in [0.1, 0.15) is 27.0 Å². The molecule has 0 atom stereocenters. The van der Waals surface area contributed by atoms with Crippen molar-refractivity contribution in [3.05, 3.63) is 70.5 Å². The molecule has 2 rings (SSSR count). The van der Waals surface area contributed by atoms with Crippen molar-refractivity contribution in [2.24, 2.45) is 0 Å². The van der Waals surface area contributed by atoms with Gasteiger partial charge in [-0.05, 0) is 41.8 Å². The monoisotopic (exact) mass is 256 g/mol. The van der Waals surface area contributed by atoms with Gasteiger partial charge in [0.1, 0.15) is 5.82 Å². The largest absolute Gasteiger partial charge is 0.478 e. The molecule has 2 aromatic rings. The Labute approximate surface area is 110 Å². The molecule has 0 aliphatic rings. The van der Waals surface area contributed by atoms with Gasteiger partial charge in [0, 0.05) is 0 Å². The van der Waals surface area contributed by atoms with E-state index in [1.165, 1.54) is 12.1 Å². The first-order chi connectivity index (χ1) is 9.06. The Balaban J connectivity index is 2.22. The maximum absolute atomic E-state index is 12.7. The Morgan fingerprint density at radius 3 is 2.21 bits per heavy atom. The van der Waals surface area contributed by atoms with Crippen LogP contribution in [0.5, 0.6) is 0 Å².